The van der Waals surface area contributed by atoms with E-state index in [1.807, 2.05) is 30.3 Å². The predicted molar refractivity (Wildman–Crippen MR) is 218 cm³/mol. The minimum absolute atomic E-state index is 0.153. The lowest BCUT2D eigenvalue weighted by molar-refractivity contribution is 0.0920. The number of amides is 1. The average Bonchev–Trinajstić information content (AvgIpc) is 3.25. The second kappa shape index (κ2) is 15.5. The fraction of sp³-hybridized carbons (Fsp3) is 0.0652. The first kappa shape index (κ1) is 36.8. The van der Waals surface area contributed by atoms with Crippen LogP contribution in [0.5, 0.6) is 28.7 Å². The molecule has 10 nitrogen and oxygen atoms in total. The fourth-order valence-corrected chi connectivity index (χ4v) is 9.02. The summed E-state index contributed by atoms with van der Waals surface area (Å²) < 4.78 is 38.5. The molecule has 1 amide bonds. The van der Waals surface area contributed by atoms with Gasteiger partial charge in [0, 0.05) is 27.9 Å². The first-order chi connectivity index (χ1) is 27.7. The van der Waals surface area contributed by atoms with E-state index in [1.54, 1.807) is 115 Å². The number of ether oxygens (including phenoxy) is 3. The highest BCUT2D eigenvalue weighted by Gasteiger charge is 2.40. The molecule has 1 aliphatic heterocycles. The summed E-state index contributed by atoms with van der Waals surface area (Å²) in [5.74, 6) is 0.619. The summed E-state index contributed by atoms with van der Waals surface area (Å²) in [6, 6.07) is 42.6. The molecule has 1 atom stereocenters. The number of anilines is 1. The molecule has 0 aliphatic carbocycles. The van der Waals surface area contributed by atoms with Crippen LogP contribution in [-0.2, 0) is 4.57 Å². The third-order valence-electron chi connectivity index (χ3n) is 9.54. The average molecular weight is 776 g/mol. The molecule has 7 aromatic carbocycles. The van der Waals surface area contributed by atoms with Gasteiger partial charge in [-0.15, -0.1) is 0 Å². The van der Waals surface area contributed by atoms with Crippen LogP contribution in [0.25, 0.3) is 21.9 Å². The van der Waals surface area contributed by atoms with Crippen molar-refractivity contribution in [3.05, 3.63) is 168 Å². The third-order valence-corrected chi connectivity index (χ3v) is 12.0. The van der Waals surface area contributed by atoms with Crippen LogP contribution < -0.4 is 34.7 Å². The minimum atomic E-state index is -3.78. The van der Waals surface area contributed by atoms with Crippen LogP contribution in [0, 0.1) is 0 Å². The predicted octanol–water partition coefficient (Wildman–Crippen LogP) is 8.62. The second-order valence-electron chi connectivity index (χ2n) is 13.2. The van der Waals surface area contributed by atoms with Gasteiger partial charge in [-0.2, -0.15) is 0 Å². The number of benzene rings is 7. The summed E-state index contributed by atoms with van der Waals surface area (Å²) in [7, 11) is -2.28. The standard InChI is InChI=1S/C46H34NO9P/c1-53-37-21-22-43(45(26-37)57(52)44-12-5-3-10-39(44)38-9-2-4-11-42(38)56-57)55-28-41(50)32-8-6-7-31(24-32)40(49)27-54-36-19-16-34(17-20-36)47-46(51)33-14-13-30-25-35(48)18-15-29(30)23-33/h2-26,48H,27-28H2,1H3,(H,47,51). The normalized spacial score (nSPS) is 14.1. The van der Waals surface area contributed by atoms with Crippen LogP contribution >= 0.6 is 7.37 Å². The minimum Gasteiger partial charge on any atom is -0.508 e. The SMILES string of the molecule is COc1ccc(OCC(=O)c2cccc(C(=O)COc3ccc(NC(=O)c4ccc5cc(O)ccc5c4)cc3)c2)c(P2(=O)Oc3ccccc3-c3ccccc32)c1. The fourth-order valence-electron chi connectivity index (χ4n) is 6.61. The van der Waals surface area contributed by atoms with Crippen LogP contribution in [0.2, 0.25) is 0 Å². The van der Waals surface area contributed by atoms with Crippen LogP contribution in [0.15, 0.2) is 152 Å². The smallest absolute Gasteiger partial charge is 0.311 e. The van der Waals surface area contributed by atoms with Crippen molar-refractivity contribution in [2.24, 2.45) is 0 Å². The summed E-state index contributed by atoms with van der Waals surface area (Å²) >= 11 is 0. The maximum absolute atomic E-state index is 14.9. The zero-order valence-corrected chi connectivity index (χ0v) is 31.4. The Hall–Kier alpha value is -7.16. The molecular formula is C46H34NO9P. The number of carbonyl (C=O) groups excluding carboxylic acids is 3. The van der Waals surface area contributed by atoms with E-state index in [9.17, 15) is 24.1 Å². The summed E-state index contributed by atoms with van der Waals surface area (Å²) in [6.45, 7) is -0.693. The molecule has 1 unspecified atom stereocenters. The Morgan fingerprint density at radius 2 is 1.28 bits per heavy atom. The van der Waals surface area contributed by atoms with Gasteiger partial charge in [0.05, 0.1) is 17.7 Å². The van der Waals surface area contributed by atoms with E-state index >= 15 is 0 Å². The van der Waals surface area contributed by atoms with Crippen molar-refractivity contribution in [2.45, 2.75) is 0 Å². The monoisotopic (exact) mass is 775 g/mol. The van der Waals surface area contributed by atoms with E-state index in [0.717, 1.165) is 21.9 Å². The van der Waals surface area contributed by atoms with Crippen molar-refractivity contribution >= 4 is 51.9 Å². The number of nitrogens with one attached hydrogen (secondary N) is 1. The van der Waals surface area contributed by atoms with E-state index in [0.29, 0.717) is 33.8 Å². The Morgan fingerprint density at radius 3 is 2.05 bits per heavy atom. The van der Waals surface area contributed by atoms with Crippen molar-refractivity contribution in [1.82, 2.24) is 0 Å². The Kier molecular flexibility index (Phi) is 10.0. The molecule has 0 saturated heterocycles. The summed E-state index contributed by atoms with van der Waals surface area (Å²) in [5, 5.41) is 14.9. The van der Waals surface area contributed by atoms with Gasteiger partial charge >= 0.3 is 7.37 Å². The number of methoxy groups -OCH3 is 1. The zero-order valence-electron chi connectivity index (χ0n) is 30.5. The number of hydrogen-bond acceptors (Lipinski definition) is 9. The van der Waals surface area contributed by atoms with Gasteiger partial charge in [0.25, 0.3) is 5.91 Å². The molecule has 8 rings (SSSR count). The Labute approximate surface area is 327 Å². The highest BCUT2D eigenvalue weighted by Crippen LogP contribution is 2.55. The number of phenols is 1. The maximum Gasteiger partial charge on any atom is 0.311 e. The first-order valence-corrected chi connectivity index (χ1v) is 19.5. The molecule has 0 radical (unpaired) electrons. The van der Waals surface area contributed by atoms with E-state index in [4.69, 9.17) is 18.7 Å². The number of carbonyl (C=O) groups is 3. The molecule has 0 spiro atoms. The highest BCUT2D eigenvalue weighted by atomic mass is 31.2. The lowest BCUT2D eigenvalue weighted by atomic mass is 10.0. The van der Waals surface area contributed by atoms with Crippen LogP contribution in [0.1, 0.15) is 31.1 Å². The molecule has 0 aromatic heterocycles. The molecule has 2 N–H and O–H groups in total. The van der Waals surface area contributed by atoms with Gasteiger partial charge < -0.3 is 29.2 Å². The highest BCUT2D eigenvalue weighted by molar-refractivity contribution is 7.75. The van der Waals surface area contributed by atoms with E-state index in [1.165, 1.54) is 13.2 Å². The maximum atomic E-state index is 14.9. The largest absolute Gasteiger partial charge is 0.508 e. The number of Topliss-reactive ketones (excluding diaryl/α,β-unsaturated/α-hetero) is 2. The molecule has 1 aliphatic rings. The summed E-state index contributed by atoms with van der Waals surface area (Å²) in [4.78, 5) is 39.5. The molecule has 0 saturated carbocycles. The topological polar surface area (TPSA) is 137 Å². The summed E-state index contributed by atoms with van der Waals surface area (Å²) in [5.41, 5.74) is 3.12. The molecule has 0 fully saturated rings. The number of fused-ring (bicyclic) bond motifs is 4. The molecule has 57 heavy (non-hydrogen) atoms. The van der Waals surface area contributed by atoms with Crippen molar-refractivity contribution in [2.75, 3.05) is 25.6 Å². The number of aromatic hydroxyl groups is 1. The zero-order chi connectivity index (χ0) is 39.5. The molecule has 282 valence electrons. The second-order valence-corrected chi connectivity index (χ2v) is 15.5. The quantitative estimate of drug-likeness (QED) is 0.0923. The van der Waals surface area contributed by atoms with Gasteiger partial charge in [0.1, 0.15) is 28.7 Å². The molecule has 11 heteroatoms. The molecular weight excluding hydrogens is 741 g/mol. The van der Waals surface area contributed by atoms with Crippen molar-refractivity contribution in [1.29, 1.82) is 0 Å². The Balaban J connectivity index is 0.912. The molecule has 1 heterocycles. The van der Waals surface area contributed by atoms with Gasteiger partial charge in [-0.25, -0.2) is 0 Å². The lowest BCUT2D eigenvalue weighted by Crippen LogP contribution is -2.27. The number of para-hydroxylation sites is 1. The van der Waals surface area contributed by atoms with Crippen LogP contribution in [0.4, 0.5) is 5.69 Å². The van der Waals surface area contributed by atoms with Gasteiger partial charge in [0.15, 0.2) is 24.8 Å². The molecule has 0 bridgehead atoms. The third kappa shape index (κ3) is 7.59. The number of rotatable bonds is 12. The van der Waals surface area contributed by atoms with Crippen molar-refractivity contribution in [3.8, 4) is 39.9 Å². The van der Waals surface area contributed by atoms with Crippen molar-refractivity contribution in [3.63, 3.8) is 0 Å². The number of hydrogen-bond donors (Lipinski definition) is 2. The van der Waals surface area contributed by atoms with Crippen LogP contribution in [-0.4, -0.2) is 42.9 Å². The van der Waals surface area contributed by atoms with Crippen molar-refractivity contribution < 1.29 is 42.8 Å². The van der Waals surface area contributed by atoms with Gasteiger partial charge in [0.2, 0.25) is 0 Å². The molecule has 7 aromatic rings. The summed E-state index contributed by atoms with van der Waals surface area (Å²) in [6.07, 6.45) is 0. The van der Waals surface area contributed by atoms with E-state index < -0.39 is 19.8 Å². The van der Waals surface area contributed by atoms with Crippen LogP contribution in [0.3, 0.4) is 0 Å². The van der Waals surface area contributed by atoms with E-state index in [-0.39, 0.29) is 46.2 Å². The van der Waals surface area contributed by atoms with E-state index in [2.05, 4.69) is 5.32 Å². The van der Waals surface area contributed by atoms with Gasteiger partial charge in [-0.1, -0.05) is 66.7 Å². The number of phenolic OH excluding ortho intramolecular Hbond substituents is 1. The number of ketones is 2. The van der Waals surface area contributed by atoms with Gasteiger partial charge in [-0.3, -0.25) is 18.9 Å². The Bertz CT molecular complexity index is 2750. The first-order valence-electron chi connectivity index (χ1n) is 17.9. The lowest BCUT2D eigenvalue weighted by Gasteiger charge is -2.30. The van der Waals surface area contributed by atoms with Gasteiger partial charge in [-0.05, 0) is 101 Å². The Morgan fingerprint density at radius 1 is 0.614 bits per heavy atom.